The summed E-state index contributed by atoms with van der Waals surface area (Å²) in [7, 11) is 0. The van der Waals surface area contributed by atoms with Gasteiger partial charge in [0.1, 0.15) is 5.65 Å². The number of aromatic nitrogens is 3. The summed E-state index contributed by atoms with van der Waals surface area (Å²) in [4.78, 5) is 20.2. The Hall–Kier alpha value is -3.53. The molecule has 0 saturated heterocycles. The number of benzene rings is 2. The summed E-state index contributed by atoms with van der Waals surface area (Å²) in [6, 6.07) is 13.2. The number of aryl methyl sites for hydroxylation is 1. The molecular weight excluding hydrogens is 529 g/mol. The number of rotatable bonds is 12. The SMILES string of the molecule is CC(=N)NCCCN[C@@H](C)c1ccc(-n2cc3cc(-c4cc(CCC[C@H](C)N)cc(Cl)c4F)[nH]c3nc2=O)cc1. The van der Waals surface area contributed by atoms with Gasteiger partial charge in [-0.3, -0.25) is 9.98 Å². The summed E-state index contributed by atoms with van der Waals surface area (Å²) in [5.41, 5.74) is 9.37. The van der Waals surface area contributed by atoms with E-state index in [0.717, 1.165) is 49.9 Å². The molecule has 2 atom stereocenters. The van der Waals surface area contributed by atoms with E-state index in [1.165, 1.54) is 4.57 Å². The predicted octanol–water partition coefficient (Wildman–Crippen LogP) is 5.47. The molecule has 4 rings (SSSR count). The molecule has 2 heterocycles. The molecule has 6 N–H and O–H groups in total. The van der Waals surface area contributed by atoms with Crippen molar-refractivity contribution < 1.29 is 4.39 Å². The highest BCUT2D eigenvalue weighted by atomic mass is 35.5. The van der Waals surface area contributed by atoms with Gasteiger partial charge in [0.05, 0.1) is 22.2 Å². The van der Waals surface area contributed by atoms with Crippen LogP contribution in [0.15, 0.2) is 53.5 Å². The zero-order valence-corrected chi connectivity index (χ0v) is 23.9. The van der Waals surface area contributed by atoms with E-state index in [-0.39, 0.29) is 17.1 Å². The summed E-state index contributed by atoms with van der Waals surface area (Å²) in [6.45, 7) is 7.36. The highest BCUT2D eigenvalue weighted by Crippen LogP contribution is 2.31. The Balaban J connectivity index is 1.52. The van der Waals surface area contributed by atoms with Gasteiger partial charge in [0.15, 0.2) is 5.82 Å². The second kappa shape index (κ2) is 13.2. The summed E-state index contributed by atoms with van der Waals surface area (Å²) >= 11 is 6.23. The standard InChI is InChI=1S/C30H37ClFN7O/c1-18(33)6-4-7-21-14-25(28(32)26(31)15-21)27-16-23-17-39(30(40)38-29(23)37-27)24-10-8-22(9-11-24)19(2)35-12-5-13-36-20(3)34/h8-11,14-19,35H,4-7,12-13,33H2,1-3H3,(H2,34,36)(H,37,38,40)/t18-,19-/m0/s1. The largest absolute Gasteiger partial charge is 0.374 e. The van der Waals surface area contributed by atoms with Crippen molar-refractivity contribution in [2.75, 3.05) is 13.1 Å². The van der Waals surface area contributed by atoms with Gasteiger partial charge in [-0.2, -0.15) is 4.98 Å². The number of nitrogens with two attached hydrogens (primary N) is 1. The van der Waals surface area contributed by atoms with Crippen molar-refractivity contribution in [1.29, 1.82) is 5.41 Å². The van der Waals surface area contributed by atoms with Crippen LogP contribution in [0.1, 0.15) is 57.2 Å². The van der Waals surface area contributed by atoms with Gasteiger partial charge < -0.3 is 21.4 Å². The molecule has 0 radical (unpaired) electrons. The van der Waals surface area contributed by atoms with Crippen LogP contribution in [0.25, 0.3) is 28.0 Å². The average Bonchev–Trinajstić information content (AvgIpc) is 3.32. The molecule has 2 aromatic heterocycles. The van der Waals surface area contributed by atoms with Gasteiger partial charge in [0.2, 0.25) is 0 Å². The smallest absolute Gasteiger partial charge is 0.354 e. The van der Waals surface area contributed by atoms with Gasteiger partial charge in [-0.05, 0) is 94.5 Å². The first-order valence-corrected chi connectivity index (χ1v) is 14.0. The Morgan fingerprint density at radius 2 is 1.93 bits per heavy atom. The molecule has 0 unspecified atom stereocenters. The lowest BCUT2D eigenvalue weighted by molar-refractivity contribution is 0.555. The fourth-order valence-electron chi connectivity index (χ4n) is 4.66. The number of halogens is 2. The topological polar surface area (TPSA) is 125 Å². The molecule has 0 saturated carbocycles. The minimum atomic E-state index is -0.515. The molecule has 0 amide bonds. The van der Waals surface area contributed by atoms with Crippen molar-refractivity contribution in [2.24, 2.45) is 5.73 Å². The normalized spacial score (nSPS) is 12.9. The molecule has 212 valence electrons. The van der Waals surface area contributed by atoms with E-state index in [9.17, 15) is 4.79 Å². The average molecular weight is 566 g/mol. The lowest BCUT2D eigenvalue weighted by Crippen LogP contribution is -2.26. The zero-order valence-electron chi connectivity index (χ0n) is 23.2. The summed E-state index contributed by atoms with van der Waals surface area (Å²) in [5, 5.41) is 14.6. The third-order valence-electron chi connectivity index (χ3n) is 6.88. The molecule has 0 spiro atoms. The van der Waals surface area contributed by atoms with E-state index in [0.29, 0.717) is 33.8 Å². The first-order chi connectivity index (χ1) is 19.1. The van der Waals surface area contributed by atoms with E-state index in [2.05, 4.69) is 27.5 Å². The summed E-state index contributed by atoms with van der Waals surface area (Å²) in [6.07, 6.45) is 5.11. The molecular formula is C30H37ClFN7O. The number of aromatic amines is 1. The molecule has 8 nitrogen and oxygen atoms in total. The maximum Gasteiger partial charge on any atom is 0.354 e. The van der Waals surface area contributed by atoms with Crippen LogP contribution in [-0.4, -0.2) is 39.5 Å². The minimum absolute atomic E-state index is 0.0569. The van der Waals surface area contributed by atoms with E-state index in [1.807, 2.05) is 31.2 Å². The molecule has 40 heavy (non-hydrogen) atoms. The van der Waals surface area contributed by atoms with Crippen molar-refractivity contribution >= 4 is 28.5 Å². The van der Waals surface area contributed by atoms with Crippen LogP contribution in [0.5, 0.6) is 0 Å². The Kier molecular flexibility index (Phi) is 9.73. The van der Waals surface area contributed by atoms with E-state index in [4.69, 9.17) is 22.7 Å². The number of nitrogens with one attached hydrogen (secondary N) is 4. The van der Waals surface area contributed by atoms with E-state index < -0.39 is 11.5 Å². The lowest BCUT2D eigenvalue weighted by Gasteiger charge is -2.15. The van der Waals surface area contributed by atoms with Crippen molar-refractivity contribution in [3.63, 3.8) is 0 Å². The Bertz CT molecular complexity index is 1530. The van der Waals surface area contributed by atoms with Crippen molar-refractivity contribution in [3.05, 3.63) is 81.1 Å². The number of amidine groups is 1. The summed E-state index contributed by atoms with van der Waals surface area (Å²) < 4.78 is 16.5. The predicted molar refractivity (Wildman–Crippen MR) is 161 cm³/mol. The first-order valence-electron chi connectivity index (χ1n) is 13.6. The fraction of sp³-hybridized carbons (Fsp3) is 0.367. The van der Waals surface area contributed by atoms with Gasteiger partial charge in [0.25, 0.3) is 0 Å². The van der Waals surface area contributed by atoms with Gasteiger partial charge >= 0.3 is 5.69 Å². The number of hydrogen-bond donors (Lipinski definition) is 5. The van der Waals surface area contributed by atoms with Crippen LogP contribution in [-0.2, 0) is 6.42 Å². The van der Waals surface area contributed by atoms with Crippen LogP contribution in [0, 0.1) is 11.2 Å². The summed E-state index contributed by atoms with van der Waals surface area (Å²) in [5.74, 6) is -0.0456. The number of nitrogens with zero attached hydrogens (tertiary/aromatic N) is 2. The van der Waals surface area contributed by atoms with E-state index >= 15 is 4.39 Å². The van der Waals surface area contributed by atoms with Crippen LogP contribution < -0.4 is 22.1 Å². The lowest BCUT2D eigenvalue weighted by atomic mass is 10.0. The number of H-pyrrole nitrogens is 1. The first kappa shape index (κ1) is 29.5. The van der Waals surface area contributed by atoms with Crippen LogP contribution in [0.3, 0.4) is 0 Å². The molecule has 10 heteroatoms. The van der Waals surface area contributed by atoms with Crippen LogP contribution in [0.2, 0.25) is 5.02 Å². The Morgan fingerprint density at radius 3 is 2.62 bits per heavy atom. The van der Waals surface area contributed by atoms with Crippen molar-refractivity contribution in [2.45, 2.75) is 58.5 Å². The van der Waals surface area contributed by atoms with Gasteiger partial charge in [-0.15, -0.1) is 0 Å². The zero-order chi connectivity index (χ0) is 28.8. The second-order valence-corrected chi connectivity index (χ2v) is 10.8. The second-order valence-electron chi connectivity index (χ2n) is 10.4. The van der Waals surface area contributed by atoms with Gasteiger partial charge in [0, 0.05) is 35.8 Å². The van der Waals surface area contributed by atoms with E-state index in [1.54, 1.807) is 31.3 Å². The third-order valence-corrected chi connectivity index (χ3v) is 7.15. The van der Waals surface area contributed by atoms with Crippen LogP contribution in [0.4, 0.5) is 4.39 Å². The quantitative estimate of drug-likeness (QED) is 0.0885. The Morgan fingerprint density at radius 1 is 1.18 bits per heavy atom. The highest BCUT2D eigenvalue weighted by molar-refractivity contribution is 6.31. The third kappa shape index (κ3) is 7.35. The highest BCUT2D eigenvalue weighted by Gasteiger charge is 2.16. The monoisotopic (exact) mass is 565 g/mol. The number of fused-ring (bicyclic) bond motifs is 1. The molecule has 0 aliphatic heterocycles. The molecule has 0 bridgehead atoms. The molecule has 4 aromatic rings. The fourth-order valence-corrected chi connectivity index (χ4v) is 4.90. The van der Waals surface area contributed by atoms with Crippen molar-refractivity contribution in [1.82, 2.24) is 25.2 Å². The number of hydrogen-bond acceptors (Lipinski definition) is 5. The van der Waals surface area contributed by atoms with Crippen molar-refractivity contribution in [3.8, 4) is 16.9 Å². The van der Waals surface area contributed by atoms with Gasteiger partial charge in [-0.1, -0.05) is 23.7 Å². The maximum absolute atomic E-state index is 15.0. The molecule has 0 aliphatic rings. The maximum atomic E-state index is 15.0. The molecule has 0 aliphatic carbocycles. The Labute approximate surface area is 238 Å². The minimum Gasteiger partial charge on any atom is -0.374 e. The molecule has 0 fully saturated rings. The van der Waals surface area contributed by atoms with Crippen LogP contribution >= 0.6 is 11.6 Å². The van der Waals surface area contributed by atoms with Gasteiger partial charge in [-0.25, -0.2) is 9.18 Å². The molecule has 2 aromatic carbocycles.